The summed E-state index contributed by atoms with van der Waals surface area (Å²) in [5.74, 6) is 0.621. The van der Waals surface area contributed by atoms with Crippen molar-refractivity contribution in [2.24, 2.45) is 0 Å². The molecule has 0 saturated heterocycles. The van der Waals surface area contributed by atoms with Gasteiger partial charge in [0.15, 0.2) is 5.78 Å². The van der Waals surface area contributed by atoms with Crippen molar-refractivity contribution in [3.05, 3.63) is 52.2 Å². The molecule has 0 saturated carbocycles. The average molecular weight is 303 g/mol. The number of ketones is 1. The Kier molecular flexibility index (Phi) is 5.51. The number of benzene rings is 1. The fourth-order valence-corrected chi connectivity index (χ4v) is 2.61. The van der Waals surface area contributed by atoms with Gasteiger partial charge in [0.1, 0.15) is 5.75 Å². The summed E-state index contributed by atoms with van der Waals surface area (Å²) >= 11 is 1.40. The summed E-state index contributed by atoms with van der Waals surface area (Å²) in [6.45, 7) is 0.399. The largest absolute Gasteiger partial charge is 0.496 e. The highest BCUT2D eigenvalue weighted by Crippen LogP contribution is 2.17. The van der Waals surface area contributed by atoms with E-state index in [4.69, 9.17) is 4.74 Å². The second kappa shape index (κ2) is 7.59. The van der Waals surface area contributed by atoms with E-state index < -0.39 is 0 Å². The van der Waals surface area contributed by atoms with Crippen LogP contribution in [0.1, 0.15) is 28.1 Å². The van der Waals surface area contributed by atoms with Crippen LogP contribution in [-0.4, -0.2) is 18.8 Å². The van der Waals surface area contributed by atoms with Crippen molar-refractivity contribution < 1.29 is 14.3 Å². The highest BCUT2D eigenvalue weighted by Gasteiger charge is 2.10. The zero-order chi connectivity index (χ0) is 15.1. The number of ether oxygens (including phenoxy) is 1. The maximum atomic E-state index is 11.8. The van der Waals surface area contributed by atoms with Gasteiger partial charge in [0.2, 0.25) is 5.91 Å². The number of hydrogen-bond donors (Lipinski definition) is 1. The minimum absolute atomic E-state index is 0.0115. The summed E-state index contributed by atoms with van der Waals surface area (Å²) in [4.78, 5) is 24.3. The predicted octanol–water partition coefficient (Wildman–Crippen LogP) is 3.04. The Bertz CT molecular complexity index is 608. The highest BCUT2D eigenvalue weighted by molar-refractivity contribution is 7.12. The van der Waals surface area contributed by atoms with Gasteiger partial charge in [-0.25, -0.2) is 0 Å². The highest BCUT2D eigenvalue weighted by atomic mass is 32.1. The van der Waals surface area contributed by atoms with Gasteiger partial charge in [0.25, 0.3) is 0 Å². The van der Waals surface area contributed by atoms with E-state index in [-0.39, 0.29) is 24.5 Å². The quantitative estimate of drug-likeness (QED) is 0.800. The van der Waals surface area contributed by atoms with Crippen LogP contribution in [0.25, 0.3) is 0 Å². The minimum atomic E-state index is -0.134. The number of methoxy groups -OCH3 is 1. The van der Waals surface area contributed by atoms with Gasteiger partial charge >= 0.3 is 0 Å². The number of rotatable bonds is 7. The number of amides is 1. The van der Waals surface area contributed by atoms with Crippen LogP contribution in [0.5, 0.6) is 5.75 Å². The summed E-state index contributed by atoms with van der Waals surface area (Å²) in [7, 11) is 1.60. The van der Waals surface area contributed by atoms with Gasteiger partial charge < -0.3 is 10.1 Å². The molecule has 2 rings (SSSR count). The van der Waals surface area contributed by atoms with Crippen LogP contribution in [-0.2, 0) is 11.3 Å². The Morgan fingerprint density at radius 3 is 2.67 bits per heavy atom. The maximum Gasteiger partial charge on any atom is 0.220 e. The van der Waals surface area contributed by atoms with Crippen LogP contribution in [0.2, 0.25) is 0 Å². The first-order chi connectivity index (χ1) is 10.2. The first kappa shape index (κ1) is 15.3. The Hall–Kier alpha value is -2.14. The van der Waals surface area contributed by atoms with Gasteiger partial charge in [-0.1, -0.05) is 24.3 Å². The molecule has 0 aliphatic carbocycles. The second-order valence-electron chi connectivity index (χ2n) is 4.49. The van der Waals surface area contributed by atoms with E-state index in [0.717, 1.165) is 11.3 Å². The minimum Gasteiger partial charge on any atom is -0.496 e. The number of carbonyl (C=O) groups excluding carboxylic acids is 2. The number of hydrogen-bond acceptors (Lipinski definition) is 4. The normalized spacial score (nSPS) is 10.1. The van der Waals surface area contributed by atoms with Gasteiger partial charge in [-0.2, -0.15) is 0 Å². The van der Waals surface area contributed by atoms with Crippen LogP contribution < -0.4 is 10.1 Å². The molecule has 1 aromatic carbocycles. The number of Topliss-reactive ketones (excluding diaryl/α,β-unsaturated/α-hetero) is 1. The van der Waals surface area contributed by atoms with Crippen molar-refractivity contribution >= 4 is 23.0 Å². The van der Waals surface area contributed by atoms with E-state index >= 15 is 0 Å². The van der Waals surface area contributed by atoms with Gasteiger partial charge in [-0.3, -0.25) is 9.59 Å². The molecule has 5 heteroatoms. The number of carbonyl (C=O) groups is 2. The summed E-state index contributed by atoms with van der Waals surface area (Å²) < 4.78 is 5.22. The summed E-state index contributed by atoms with van der Waals surface area (Å²) in [5.41, 5.74) is 0.915. The molecule has 1 aromatic heterocycles. The van der Waals surface area contributed by atoms with Crippen LogP contribution in [0.3, 0.4) is 0 Å². The van der Waals surface area contributed by atoms with Crippen LogP contribution in [0.15, 0.2) is 41.8 Å². The lowest BCUT2D eigenvalue weighted by Gasteiger charge is -2.09. The average Bonchev–Trinajstić information content (AvgIpc) is 3.05. The van der Waals surface area contributed by atoms with Crippen molar-refractivity contribution in [3.63, 3.8) is 0 Å². The molecule has 0 bridgehead atoms. The Morgan fingerprint density at radius 1 is 1.14 bits per heavy atom. The van der Waals surface area contributed by atoms with E-state index in [1.54, 1.807) is 13.2 Å². The van der Waals surface area contributed by atoms with Gasteiger partial charge in [-0.05, 0) is 17.5 Å². The monoisotopic (exact) mass is 303 g/mol. The Balaban J connectivity index is 1.78. The zero-order valence-electron chi connectivity index (χ0n) is 11.8. The predicted molar refractivity (Wildman–Crippen MR) is 82.7 cm³/mol. The molecule has 0 radical (unpaired) electrons. The fraction of sp³-hybridized carbons (Fsp3) is 0.250. The van der Waals surface area contributed by atoms with E-state index in [0.29, 0.717) is 11.4 Å². The molecule has 1 heterocycles. The van der Waals surface area contributed by atoms with Crippen molar-refractivity contribution in [2.45, 2.75) is 19.4 Å². The lowest BCUT2D eigenvalue weighted by Crippen LogP contribution is -2.23. The first-order valence-electron chi connectivity index (χ1n) is 6.66. The van der Waals surface area contributed by atoms with Crippen LogP contribution >= 0.6 is 11.3 Å². The molecule has 0 spiro atoms. The molecule has 4 nitrogen and oxygen atoms in total. The van der Waals surface area contributed by atoms with Gasteiger partial charge in [0, 0.05) is 24.9 Å². The lowest BCUT2D eigenvalue weighted by atomic mass is 10.1. The second-order valence-corrected chi connectivity index (χ2v) is 5.44. The molecule has 21 heavy (non-hydrogen) atoms. The maximum absolute atomic E-state index is 11.8. The van der Waals surface area contributed by atoms with E-state index in [9.17, 15) is 9.59 Å². The fourth-order valence-electron chi connectivity index (χ4n) is 1.92. The summed E-state index contributed by atoms with van der Waals surface area (Å²) in [6, 6.07) is 11.1. The Labute approximate surface area is 127 Å². The molecule has 0 unspecified atom stereocenters. The third-order valence-electron chi connectivity index (χ3n) is 3.04. The molecule has 0 aliphatic heterocycles. The first-order valence-corrected chi connectivity index (χ1v) is 7.54. The van der Waals surface area contributed by atoms with Gasteiger partial charge in [0.05, 0.1) is 12.0 Å². The van der Waals surface area contributed by atoms with E-state index in [1.807, 2.05) is 35.7 Å². The van der Waals surface area contributed by atoms with Crippen LogP contribution in [0, 0.1) is 0 Å². The third-order valence-corrected chi connectivity index (χ3v) is 3.95. The molecule has 0 fully saturated rings. The molecule has 0 aliphatic rings. The smallest absolute Gasteiger partial charge is 0.220 e. The molecule has 1 amide bonds. The van der Waals surface area contributed by atoms with Crippen molar-refractivity contribution in [1.29, 1.82) is 0 Å². The number of nitrogens with one attached hydrogen (secondary N) is 1. The van der Waals surface area contributed by atoms with Crippen molar-refractivity contribution in [2.75, 3.05) is 7.11 Å². The van der Waals surface area contributed by atoms with Crippen LogP contribution in [0.4, 0.5) is 0 Å². The summed E-state index contributed by atoms with van der Waals surface area (Å²) in [6.07, 6.45) is 0.435. The van der Waals surface area contributed by atoms with E-state index in [1.165, 1.54) is 11.3 Å². The Morgan fingerprint density at radius 2 is 1.95 bits per heavy atom. The third kappa shape index (κ3) is 4.43. The van der Waals surface area contributed by atoms with Gasteiger partial charge in [-0.15, -0.1) is 11.3 Å². The number of thiophene rings is 1. The topological polar surface area (TPSA) is 55.4 Å². The molecule has 0 atom stereocenters. The van der Waals surface area contributed by atoms with Crippen molar-refractivity contribution in [1.82, 2.24) is 5.32 Å². The molecular formula is C16H17NO3S. The lowest BCUT2D eigenvalue weighted by molar-refractivity contribution is -0.121. The standard InChI is InChI=1S/C16H17NO3S/c1-20-14-6-3-2-5-12(14)11-17-16(19)9-8-13(18)15-7-4-10-21-15/h2-7,10H,8-9,11H2,1H3,(H,17,19). The van der Waals surface area contributed by atoms with E-state index in [2.05, 4.69) is 5.32 Å². The molecule has 1 N–H and O–H groups in total. The summed E-state index contributed by atoms with van der Waals surface area (Å²) in [5, 5.41) is 4.66. The zero-order valence-corrected chi connectivity index (χ0v) is 12.6. The van der Waals surface area contributed by atoms with Crippen molar-refractivity contribution in [3.8, 4) is 5.75 Å². The SMILES string of the molecule is COc1ccccc1CNC(=O)CCC(=O)c1cccs1. The molecule has 2 aromatic rings. The number of para-hydroxylation sites is 1. The molecular weight excluding hydrogens is 286 g/mol. The molecule has 110 valence electrons.